The zero-order chi connectivity index (χ0) is 12.5. The molecule has 98 valence electrons. The van der Waals surface area contributed by atoms with Gasteiger partial charge in [-0.3, -0.25) is 0 Å². The van der Waals surface area contributed by atoms with E-state index in [-0.39, 0.29) is 0 Å². The van der Waals surface area contributed by atoms with Gasteiger partial charge < -0.3 is 10.2 Å². The van der Waals surface area contributed by atoms with Crippen LogP contribution in [0.4, 0.5) is 0 Å². The van der Waals surface area contributed by atoms with E-state index in [2.05, 4.69) is 48.5 Å². The predicted octanol–water partition coefficient (Wildman–Crippen LogP) is 2.91. The van der Waals surface area contributed by atoms with Gasteiger partial charge in [-0.15, -0.1) is 11.8 Å². The van der Waals surface area contributed by atoms with E-state index < -0.39 is 0 Å². The smallest absolute Gasteiger partial charge is 0.0428 e. The van der Waals surface area contributed by atoms with Crippen LogP contribution in [0.25, 0.3) is 0 Å². The van der Waals surface area contributed by atoms with Crippen LogP contribution in [-0.2, 0) is 0 Å². The van der Waals surface area contributed by atoms with Crippen LogP contribution >= 0.6 is 11.8 Å². The number of likely N-dealkylation sites (tertiary alicyclic amines) is 1. The molecule has 2 heterocycles. The first-order valence-corrected chi connectivity index (χ1v) is 7.90. The summed E-state index contributed by atoms with van der Waals surface area (Å²) >= 11 is 1.99. The Morgan fingerprint density at radius 1 is 1.33 bits per heavy atom. The third-order valence-corrected chi connectivity index (χ3v) is 5.53. The molecule has 0 aromatic heterocycles. The van der Waals surface area contributed by atoms with Gasteiger partial charge in [-0.05, 0) is 45.0 Å². The second-order valence-electron chi connectivity index (χ2n) is 5.62. The average molecular weight is 262 g/mol. The predicted molar refractivity (Wildman–Crippen MR) is 78.2 cm³/mol. The van der Waals surface area contributed by atoms with Gasteiger partial charge >= 0.3 is 0 Å². The maximum absolute atomic E-state index is 3.88. The molecule has 1 fully saturated rings. The zero-order valence-corrected chi connectivity index (χ0v) is 12.0. The molecule has 2 aliphatic heterocycles. The van der Waals surface area contributed by atoms with E-state index in [0.717, 1.165) is 0 Å². The van der Waals surface area contributed by atoms with Crippen LogP contribution in [0.2, 0.25) is 0 Å². The number of rotatable bonds is 2. The lowest BCUT2D eigenvalue weighted by atomic mass is 9.97. The van der Waals surface area contributed by atoms with E-state index in [1.807, 2.05) is 11.8 Å². The Balaban J connectivity index is 1.65. The van der Waals surface area contributed by atoms with Crippen molar-refractivity contribution in [3.8, 4) is 0 Å². The highest BCUT2D eigenvalue weighted by atomic mass is 32.2. The number of nitrogens with one attached hydrogen (secondary N) is 1. The first kappa shape index (κ1) is 12.5. The molecule has 0 spiro atoms. The fourth-order valence-corrected chi connectivity index (χ4v) is 4.20. The van der Waals surface area contributed by atoms with Crippen LogP contribution < -0.4 is 5.32 Å². The van der Waals surface area contributed by atoms with Gasteiger partial charge in [-0.2, -0.15) is 0 Å². The summed E-state index contributed by atoms with van der Waals surface area (Å²) in [5, 5.41) is 3.88. The standard InChI is InChI=1S/C15H22N2S/c1-11-9-12(7-8-17(11)2)16-14-10-18-15-6-4-3-5-13(14)15/h3-6,11-12,14,16H,7-10H2,1-2H3. The maximum atomic E-state index is 3.88. The molecule has 3 heteroatoms. The highest BCUT2D eigenvalue weighted by Crippen LogP contribution is 2.38. The summed E-state index contributed by atoms with van der Waals surface area (Å²) in [6.45, 7) is 3.56. The molecule has 2 nitrogen and oxygen atoms in total. The first-order chi connectivity index (χ1) is 8.74. The third-order valence-electron chi connectivity index (χ3n) is 4.35. The van der Waals surface area contributed by atoms with Crippen molar-refractivity contribution in [2.75, 3.05) is 19.3 Å². The summed E-state index contributed by atoms with van der Waals surface area (Å²) in [6, 6.07) is 10.8. The van der Waals surface area contributed by atoms with Crippen LogP contribution in [0.3, 0.4) is 0 Å². The molecule has 0 radical (unpaired) electrons. The molecule has 2 aliphatic rings. The Kier molecular flexibility index (Phi) is 3.64. The highest BCUT2D eigenvalue weighted by molar-refractivity contribution is 7.99. The molecule has 3 unspecified atom stereocenters. The SMILES string of the molecule is CC1CC(NC2CSc3ccccc32)CCN1C. The Morgan fingerprint density at radius 2 is 2.17 bits per heavy atom. The Hall–Kier alpha value is -0.510. The molecule has 1 aromatic rings. The van der Waals surface area contributed by atoms with Crippen molar-refractivity contribution < 1.29 is 0 Å². The van der Waals surface area contributed by atoms with E-state index in [9.17, 15) is 0 Å². The summed E-state index contributed by atoms with van der Waals surface area (Å²) in [5.41, 5.74) is 1.51. The van der Waals surface area contributed by atoms with E-state index >= 15 is 0 Å². The number of hydrogen-bond acceptors (Lipinski definition) is 3. The quantitative estimate of drug-likeness (QED) is 0.882. The van der Waals surface area contributed by atoms with Crippen molar-refractivity contribution in [3.05, 3.63) is 29.8 Å². The largest absolute Gasteiger partial charge is 0.306 e. The molecular formula is C15H22N2S. The number of benzene rings is 1. The van der Waals surface area contributed by atoms with Gasteiger partial charge in [-0.1, -0.05) is 18.2 Å². The molecule has 0 amide bonds. The molecule has 0 aliphatic carbocycles. The molecule has 1 N–H and O–H groups in total. The van der Waals surface area contributed by atoms with Gasteiger partial charge in [0.05, 0.1) is 0 Å². The van der Waals surface area contributed by atoms with Crippen LogP contribution in [-0.4, -0.2) is 36.3 Å². The van der Waals surface area contributed by atoms with Crippen molar-refractivity contribution in [2.24, 2.45) is 0 Å². The average Bonchev–Trinajstić information content (AvgIpc) is 2.78. The number of fused-ring (bicyclic) bond motifs is 1. The van der Waals surface area contributed by atoms with Crippen molar-refractivity contribution in [3.63, 3.8) is 0 Å². The molecular weight excluding hydrogens is 240 g/mol. The van der Waals surface area contributed by atoms with Crippen molar-refractivity contribution in [2.45, 2.75) is 42.8 Å². The number of piperidine rings is 1. The third kappa shape index (κ3) is 2.44. The topological polar surface area (TPSA) is 15.3 Å². The summed E-state index contributed by atoms with van der Waals surface area (Å²) in [4.78, 5) is 3.94. The second kappa shape index (κ2) is 5.24. The van der Waals surface area contributed by atoms with Gasteiger partial charge in [0.25, 0.3) is 0 Å². The molecule has 1 aromatic carbocycles. The summed E-state index contributed by atoms with van der Waals surface area (Å²) in [6.07, 6.45) is 2.56. The molecule has 18 heavy (non-hydrogen) atoms. The number of nitrogens with zero attached hydrogens (tertiary/aromatic N) is 1. The Morgan fingerprint density at radius 3 is 3.00 bits per heavy atom. The van der Waals surface area contributed by atoms with Crippen LogP contribution in [0, 0.1) is 0 Å². The molecule has 0 bridgehead atoms. The zero-order valence-electron chi connectivity index (χ0n) is 11.2. The summed E-state index contributed by atoms with van der Waals surface area (Å²) in [5.74, 6) is 1.19. The van der Waals surface area contributed by atoms with Gasteiger partial charge in [0, 0.05) is 28.8 Å². The summed E-state index contributed by atoms with van der Waals surface area (Å²) in [7, 11) is 2.24. The van der Waals surface area contributed by atoms with Crippen LogP contribution in [0.15, 0.2) is 29.2 Å². The fourth-order valence-electron chi connectivity index (χ4n) is 3.03. The number of hydrogen-bond donors (Lipinski definition) is 1. The van der Waals surface area contributed by atoms with E-state index in [4.69, 9.17) is 0 Å². The van der Waals surface area contributed by atoms with Crippen molar-refractivity contribution in [1.82, 2.24) is 10.2 Å². The van der Waals surface area contributed by atoms with Gasteiger partial charge in [0.15, 0.2) is 0 Å². The molecule has 1 saturated heterocycles. The summed E-state index contributed by atoms with van der Waals surface area (Å²) < 4.78 is 0. The van der Waals surface area contributed by atoms with Gasteiger partial charge in [-0.25, -0.2) is 0 Å². The minimum Gasteiger partial charge on any atom is -0.306 e. The lowest BCUT2D eigenvalue weighted by molar-refractivity contribution is 0.164. The maximum Gasteiger partial charge on any atom is 0.0428 e. The van der Waals surface area contributed by atoms with Crippen LogP contribution in [0.1, 0.15) is 31.4 Å². The molecule has 3 rings (SSSR count). The Labute approximate surface area is 114 Å². The monoisotopic (exact) mass is 262 g/mol. The normalized spacial score (nSPS) is 32.4. The lowest BCUT2D eigenvalue weighted by Crippen LogP contribution is -2.46. The molecule has 3 atom stereocenters. The lowest BCUT2D eigenvalue weighted by Gasteiger charge is -2.36. The number of thioether (sulfide) groups is 1. The van der Waals surface area contributed by atoms with E-state index in [1.54, 1.807) is 0 Å². The molecule has 0 saturated carbocycles. The highest BCUT2D eigenvalue weighted by Gasteiger charge is 2.28. The second-order valence-corrected chi connectivity index (χ2v) is 6.68. The first-order valence-electron chi connectivity index (χ1n) is 6.92. The van der Waals surface area contributed by atoms with Crippen LogP contribution in [0.5, 0.6) is 0 Å². The minimum absolute atomic E-state index is 0.562. The van der Waals surface area contributed by atoms with Crippen molar-refractivity contribution >= 4 is 11.8 Å². The fraction of sp³-hybridized carbons (Fsp3) is 0.600. The van der Waals surface area contributed by atoms with E-state index in [1.165, 1.54) is 35.6 Å². The minimum atomic E-state index is 0.562. The van der Waals surface area contributed by atoms with Crippen molar-refractivity contribution in [1.29, 1.82) is 0 Å². The van der Waals surface area contributed by atoms with Gasteiger partial charge in [0.1, 0.15) is 0 Å². The van der Waals surface area contributed by atoms with Gasteiger partial charge in [0.2, 0.25) is 0 Å². The Bertz CT molecular complexity index is 421. The van der Waals surface area contributed by atoms with E-state index in [0.29, 0.717) is 18.1 Å².